The fourth-order valence-electron chi connectivity index (χ4n) is 3.01. The monoisotopic (exact) mass is 502 g/mol. The fraction of sp³-hybridized carbons (Fsp3) is 0.952. The maximum atomic E-state index is 10.8. The number of aliphatic hydroxyl groups is 7. The number of hydrogen-bond acceptors (Lipinski definition) is 12. The summed E-state index contributed by atoms with van der Waals surface area (Å²) in [5, 5.41) is 75.0. The summed E-state index contributed by atoms with van der Waals surface area (Å²) in [4.78, 5) is 10.8. The van der Waals surface area contributed by atoms with Gasteiger partial charge in [-0.15, -0.1) is 0 Å². The summed E-state index contributed by atoms with van der Waals surface area (Å²) in [5.41, 5.74) is -1.25. The van der Waals surface area contributed by atoms with Gasteiger partial charge in [-0.1, -0.05) is 7.43 Å². The standard InChI is InChI=1S/C10H18O7.C10H20O6.CH4/c1-10(2,3)17-9-6(13)4(11)5(12)7(16-9)8(14)15;1-10(2,3)16-9-8(14)7(13)6(12)5(4-11)15-9;/h4-7,9,11-13H,1-3H3,(H,14,15);5-9,11-14H,4H2,1-3H3;1H4/t4-,5-,6+,7-,9-;5-,6-,7+,8-,9?;/m01./s1. The van der Waals surface area contributed by atoms with E-state index in [4.69, 9.17) is 29.2 Å². The highest BCUT2D eigenvalue weighted by atomic mass is 16.7. The predicted octanol–water partition coefficient (Wildman–Crippen LogP) is -2.07. The number of ether oxygens (including phenoxy) is 4. The van der Waals surface area contributed by atoms with Gasteiger partial charge in [0.1, 0.15) is 42.7 Å². The first-order chi connectivity index (χ1) is 14.9. The highest BCUT2D eigenvalue weighted by Crippen LogP contribution is 2.26. The number of aliphatic carboxylic acids is 1. The molecule has 0 radical (unpaired) electrons. The van der Waals surface area contributed by atoms with Crippen molar-refractivity contribution in [1.29, 1.82) is 0 Å². The Bertz CT molecular complexity index is 615. The average molecular weight is 503 g/mol. The molecule has 0 amide bonds. The lowest BCUT2D eigenvalue weighted by Gasteiger charge is -2.41. The minimum absolute atomic E-state index is 0. The topological polar surface area (TPSA) is 216 Å². The van der Waals surface area contributed by atoms with Crippen molar-refractivity contribution >= 4 is 5.97 Å². The molecule has 2 fully saturated rings. The number of carboxylic acid groups (broad SMARTS) is 1. The van der Waals surface area contributed by atoms with Crippen LogP contribution >= 0.6 is 0 Å². The highest BCUT2D eigenvalue weighted by molar-refractivity contribution is 5.73. The van der Waals surface area contributed by atoms with Gasteiger partial charge < -0.3 is 59.8 Å². The number of aliphatic hydroxyl groups excluding tert-OH is 7. The predicted molar refractivity (Wildman–Crippen MR) is 116 cm³/mol. The molecular formula is C21H42O13. The molecule has 13 heteroatoms. The fourth-order valence-corrected chi connectivity index (χ4v) is 3.01. The lowest BCUT2D eigenvalue weighted by molar-refractivity contribution is -0.320. The first-order valence-electron chi connectivity index (χ1n) is 10.5. The molecule has 1 unspecified atom stereocenters. The minimum Gasteiger partial charge on any atom is -0.479 e. The van der Waals surface area contributed by atoms with Crippen LogP contribution in [0.15, 0.2) is 0 Å². The SMILES string of the molecule is C.CC(C)(C)OC1O[C@H](CO)[C@@H](O)[C@H](O)[C@H]1O.CC(C)(C)O[C@@H]1O[C@H](C(=O)O)[C@@H](O)[C@H](O)[C@H]1O. The van der Waals surface area contributed by atoms with Crippen LogP contribution in [0.2, 0.25) is 0 Å². The van der Waals surface area contributed by atoms with Gasteiger partial charge in [0.05, 0.1) is 17.8 Å². The summed E-state index contributed by atoms with van der Waals surface area (Å²) >= 11 is 0. The van der Waals surface area contributed by atoms with E-state index < -0.39 is 85.2 Å². The molecule has 0 spiro atoms. The third-order valence-corrected chi connectivity index (χ3v) is 4.60. The van der Waals surface area contributed by atoms with Gasteiger partial charge in [-0.2, -0.15) is 0 Å². The Morgan fingerprint density at radius 1 is 0.706 bits per heavy atom. The van der Waals surface area contributed by atoms with E-state index in [1.807, 2.05) is 0 Å². The van der Waals surface area contributed by atoms with Gasteiger partial charge in [-0.25, -0.2) is 4.79 Å². The van der Waals surface area contributed by atoms with Crippen molar-refractivity contribution in [3.63, 3.8) is 0 Å². The van der Waals surface area contributed by atoms with Gasteiger partial charge in [0.2, 0.25) is 0 Å². The number of rotatable bonds is 4. The van der Waals surface area contributed by atoms with Gasteiger partial charge in [0.15, 0.2) is 18.7 Å². The molecule has 2 aliphatic heterocycles. The van der Waals surface area contributed by atoms with Crippen molar-refractivity contribution in [3.05, 3.63) is 0 Å². The van der Waals surface area contributed by atoms with Crippen molar-refractivity contribution in [2.24, 2.45) is 0 Å². The van der Waals surface area contributed by atoms with Crippen LogP contribution in [0, 0.1) is 0 Å². The summed E-state index contributed by atoms with van der Waals surface area (Å²) in [6.45, 7) is 9.94. The molecule has 2 rings (SSSR count). The molecule has 0 bridgehead atoms. The zero-order valence-electron chi connectivity index (χ0n) is 19.6. The lowest BCUT2D eigenvalue weighted by atomic mass is 9.98. The quantitative estimate of drug-likeness (QED) is 0.208. The molecule has 0 aromatic carbocycles. The molecule has 204 valence electrons. The average Bonchev–Trinajstić information content (AvgIpc) is 2.67. The maximum absolute atomic E-state index is 10.8. The lowest BCUT2D eigenvalue weighted by Crippen LogP contribution is -2.61. The van der Waals surface area contributed by atoms with Crippen LogP contribution in [-0.4, -0.2) is 126 Å². The molecule has 0 aromatic heterocycles. The molecular weight excluding hydrogens is 460 g/mol. The molecule has 2 aliphatic rings. The second-order valence-corrected chi connectivity index (χ2v) is 9.89. The zero-order valence-corrected chi connectivity index (χ0v) is 19.6. The van der Waals surface area contributed by atoms with Crippen LogP contribution in [0.3, 0.4) is 0 Å². The number of carboxylic acids is 1. The summed E-state index contributed by atoms with van der Waals surface area (Å²) < 4.78 is 20.8. The van der Waals surface area contributed by atoms with Crippen LogP contribution in [0.1, 0.15) is 49.0 Å². The van der Waals surface area contributed by atoms with Gasteiger partial charge >= 0.3 is 5.97 Å². The number of hydrogen-bond donors (Lipinski definition) is 8. The molecule has 0 aromatic rings. The molecule has 10 atom stereocenters. The zero-order chi connectivity index (χ0) is 25.9. The number of carbonyl (C=O) groups is 1. The van der Waals surface area contributed by atoms with Crippen molar-refractivity contribution in [3.8, 4) is 0 Å². The molecule has 0 saturated carbocycles. The molecule has 2 heterocycles. The van der Waals surface area contributed by atoms with Crippen LogP contribution < -0.4 is 0 Å². The Balaban J connectivity index is 0.000000623. The smallest absolute Gasteiger partial charge is 0.335 e. The molecule has 0 aliphatic carbocycles. The van der Waals surface area contributed by atoms with Gasteiger partial charge in [-0.3, -0.25) is 0 Å². The van der Waals surface area contributed by atoms with Crippen LogP contribution in [0.25, 0.3) is 0 Å². The van der Waals surface area contributed by atoms with Crippen molar-refractivity contribution in [2.75, 3.05) is 6.61 Å². The molecule has 2 saturated heterocycles. The summed E-state index contributed by atoms with van der Waals surface area (Å²) in [5.74, 6) is -1.43. The third kappa shape index (κ3) is 9.24. The van der Waals surface area contributed by atoms with Crippen LogP contribution in [0.4, 0.5) is 0 Å². The van der Waals surface area contributed by atoms with Crippen LogP contribution in [-0.2, 0) is 23.7 Å². The first-order valence-corrected chi connectivity index (χ1v) is 10.5. The molecule has 13 nitrogen and oxygen atoms in total. The summed E-state index contributed by atoms with van der Waals surface area (Å²) in [7, 11) is 0. The normalized spacial score (nSPS) is 38.9. The summed E-state index contributed by atoms with van der Waals surface area (Å²) in [6, 6.07) is 0. The Morgan fingerprint density at radius 2 is 1.09 bits per heavy atom. The van der Waals surface area contributed by atoms with E-state index in [-0.39, 0.29) is 7.43 Å². The van der Waals surface area contributed by atoms with E-state index in [0.717, 1.165) is 0 Å². The van der Waals surface area contributed by atoms with E-state index in [0.29, 0.717) is 0 Å². The van der Waals surface area contributed by atoms with Gasteiger partial charge in [0, 0.05) is 0 Å². The first kappa shape index (κ1) is 33.0. The van der Waals surface area contributed by atoms with Gasteiger partial charge in [0.25, 0.3) is 0 Å². The molecule has 8 N–H and O–H groups in total. The van der Waals surface area contributed by atoms with Crippen LogP contribution in [0.5, 0.6) is 0 Å². The van der Waals surface area contributed by atoms with E-state index >= 15 is 0 Å². The Labute approximate surface area is 199 Å². The van der Waals surface area contributed by atoms with Crippen molar-refractivity contribution in [1.82, 2.24) is 0 Å². The van der Waals surface area contributed by atoms with E-state index in [1.54, 1.807) is 41.5 Å². The Kier molecular flexibility index (Phi) is 12.5. The highest BCUT2D eigenvalue weighted by Gasteiger charge is 2.48. The second kappa shape index (κ2) is 12.8. The maximum Gasteiger partial charge on any atom is 0.335 e. The second-order valence-electron chi connectivity index (χ2n) is 9.89. The largest absolute Gasteiger partial charge is 0.479 e. The van der Waals surface area contributed by atoms with E-state index in [2.05, 4.69) is 0 Å². The van der Waals surface area contributed by atoms with Crippen molar-refractivity contribution < 1.29 is 64.6 Å². The Hall–Kier alpha value is -0.970. The third-order valence-electron chi connectivity index (χ3n) is 4.60. The molecule has 34 heavy (non-hydrogen) atoms. The van der Waals surface area contributed by atoms with E-state index in [9.17, 15) is 35.4 Å². The van der Waals surface area contributed by atoms with Crippen molar-refractivity contribution in [2.45, 2.75) is 122 Å². The Morgan fingerprint density at radius 3 is 1.44 bits per heavy atom. The van der Waals surface area contributed by atoms with E-state index in [1.165, 1.54) is 0 Å². The minimum atomic E-state index is -1.69. The van der Waals surface area contributed by atoms with Gasteiger partial charge in [-0.05, 0) is 41.5 Å². The summed E-state index contributed by atoms with van der Waals surface area (Å²) in [6.07, 6.45) is -13.8.